The predicted octanol–water partition coefficient (Wildman–Crippen LogP) is 2.47. The van der Waals surface area contributed by atoms with Crippen LogP contribution < -0.4 is 10.2 Å². The second kappa shape index (κ2) is 3.19. The molecule has 14 heavy (non-hydrogen) atoms. The summed E-state index contributed by atoms with van der Waals surface area (Å²) < 4.78 is 0. The van der Waals surface area contributed by atoms with Crippen LogP contribution in [0.1, 0.15) is 19.3 Å². The third kappa shape index (κ3) is 1.17. The molecule has 74 valence electrons. The highest BCUT2D eigenvalue weighted by Gasteiger charge is 2.27. The number of rotatable bonds is 0. The van der Waals surface area contributed by atoms with Crippen LogP contribution in [0, 0.1) is 0 Å². The maximum Gasteiger partial charge on any atom is 0.0604 e. The number of benzene rings is 1. The lowest BCUT2D eigenvalue weighted by Gasteiger charge is -2.25. The van der Waals surface area contributed by atoms with Gasteiger partial charge in [-0.3, -0.25) is 0 Å². The minimum absolute atomic E-state index is 0.783. The van der Waals surface area contributed by atoms with Gasteiger partial charge in [-0.2, -0.15) is 0 Å². The van der Waals surface area contributed by atoms with Crippen LogP contribution in [0.15, 0.2) is 24.3 Å². The molecule has 0 aromatic heterocycles. The summed E-state index contributed by atoms with van der Waals surface area (Å²) in [5.74, 6) is 0. The van der Waals surface area contributed by atoms with Crippen molar-refractivity contribution in [2.75, 3.05) is 23.3 Å². The number of nitrogens with zero attached hydrogens (tertiary/aromatic N) is 1. The smallest absolute Gasteiger partial charge is 0.0604 e. The first-order valence-electron chi connectivity index (χ1n) is 5.55. The Morgan fingerprint density at radius 2 is 2.14 bits per heavy atom. The molecule has 0 bridgehead atoms. The van der Waals surface area contributed by atoms with E-state index in [1.807, 2.05) is 0 Å². The van der Waals surface area contributed by atoms with Gasteiger partial charge >= 0.3 is 0 Å². The molecular formula is C12H16N2. The largest absolute Gasteiger partial charge is 0.383 e. The molecule has 1 N–H and O–H groups in total. The Hall–Kier alpha value is -1.18. The Balaban J connectivity index is 2.04. The van der Waals surface area contributed by atoms with Gasteiger partial charge in [-0.25, -0.2) is 0 Å². The molecule has 1 aromatic rings. The summed E-state index contributed by atoms with van der Waals surface area (Å²) in [5, 5.41) is 3.51. The normalized spacial score (nSPS) is 24.9. The van der Waals surface area contributed by atoms with Crippen molar-refractivity contribution in [1.29, 1.82) is 0 Å². The van der Waals surface area contributed by atoms with Crippen LogP contribution in [0.5, 0.6) is 0 Å². The second-order valence-electron chi connectivity index (χ2n) is 4.22. The van der Waals surface area contributed by atoms with Gasteiger partial charge in [0.1, 0.15) is 0 Å². The minimum Gasteiger partial charge on any atom is -0.383 e. The van der Waals surface area contributed by atoms with E-state index < -0.39 is 0 Å². The zero-order valence-corrected chi connectivity index (χ0v) is 8.37. The summed E-state index contributed by atoms with van der Waals surface area (Å²) in [6.45, 7) is 2.36. The minimum atomic E-state index is 0.783. The van der Waals surface area contributed by atoms with E-state index in [1.54, 1.807) is 0 Å². The van der Waals surface area contributed by atoms with E-state index in [2.05, 4.69) is 34.5 Å². The summed E-state index contributed by atoms with van der Waals surface area (Å²) in [4.78, 5) is 2.58. The zero-order chi connectivity index (χ0) is 9.38. The third-order valence-corrected chi connectivity index (χ3v) is 3.38. The van der Waals surface area contributed by atoms with Crippen LogP contribution in [0.2, 0.25) is 0 Å². The highest BCUT2D eigenvalue weighted by molar-refractivity contribution is 5.71. The monoisotopic (exact) mass is 188 g/mol. The van der Waals surface area contributed by atoms with Crippen LogP contribution in [0.4, 0.5) is 11.4 Å². The number of hydrogen-bond acceptors (Lipinski definition) is 2. The first-order chi connectivity index (χ1) is 6.95. The molecule has 0 aliphatic carbocycles. The number of nitrogens with one attached hydrogen (secondary N) is 1. The molecule has 2 nitrogen and oxygen atoms in total. The average molecular weight is 188 g/mol. The molecular weight excluding hydrogens is 172 g/mol. The summed E-state index contributed by atoms with van der Waals surface area (Å²) in [7, 11) is 0. The molecule has 0 spiro atoms. The summed E-state index contributed by atoms with van der Waals surface area (Å²) in [5.41, 5.74) is 2.73. The first-order valence-corrected chi connectivity index (χ1v) is 5.55. The van der Waals surface area contributed by atoms with E-state index in [1.165, 1.54) is 37.2 Å². The topological polar surface area (TPSA) is 15.3 Å². The second-order valence-corrected chi connectivity index (χ2v) is 4.22. The van der Waals surface area contributed by atoms with Crippen LogP contribution in [-0.4, -0.2) is 19.1 Å². The summed E-state index contributed by atoms with van der Waals surface area (Å²) in [6, 6.07) is 9.47. The lowest BCUT2D eigenvalue weighted by Crippen LogP contribution is -2.28. The maximum atomic E-state index is 3.51. The fourth-order valence-corrected chi connectivity index (χ4v) is 2.70. The Labute approximate surface area is 84.9 Å². The highest BCUT2D eigenvalue weighted by atomic mass is 15.2. The van der Waals surface area contributed by atoms with Crippen molar-refractivity contribution in [3.8, 4) is 0 Å². The van der Waals surface area contributed by atoms with Gasteiger partial charge in [-0.15, -0.1) is 0 Å². The van der Waals surface area contributed by atoms with Gasteiger partial charge in [-0.05, 0) is 31.4 Å². The average Bonchev–Trinajstić information content (AvgIpc) is 2.61. The molecule has 0 radical (unpaired) electrons. The van der Waals surface area contributed by atoms with Gasteiger partial charge < -0.3 is 10.2 Å². The molecule has 1 saturated heterocycles. The maximum absolute atomic E-state index is 3.51. The van der Waals surface area contributed by atoms with E-state index in [-0.39, 0.29) is 0 Å². The molecule has 3 rings (SSSR count). The van der Waals surface area contributed by atoms with Crippen LogP contribution >= 0.6 is 0 Å². The number of fused-ring (bicyclic) bond motifs is 3. The Bertz CT molecular complexity index is 335. The van der Waals surface area contributed by atoms with Gasteiger partial charge in [0.15, 0.2) is 0 Å². The van der Waals surface area contributed by atoms with Gasteiger partial charge in [0.2, 0.25) is 0 Å². The van der Waals surface area contributed by atoms with Crippen molar-refractivity contribution in [3.05, 3.63) is 24.3 Å². The molecule has 1 aromatic carbocycles. The number of anilines is 2. The molecule has 0 unspecified atom stereocenters. The SMILES string of the molecule is c1ccc2c(c1)NCC[C@@H]1CCCN21. The summed E-state index contributed by atoms with van der Waals surface area (Å²) in [6.07, 6.45) is 4.02. The number of hydrogen-bond donors (Lipinski definition) is 1. The van der Waals surface area contributed by atoms with Crippen molar-refractivity contribution in [2.45, 2.75) is 25.3 Å². The Kier molecular flexibility index (Phi) is 1.86. The summed E-state index contributed by atoms with van der Waals surface area (Å²) >= 11 is 0. The van der Waals surface area contributed by atoms with Gasteiger partial charge in [0.05, 0.1) is 11.4 Å². The Morgan fingerprint density at radius 1 is 1.21 bits per heavy atom. The molecule has 0 saturated carbocycles. The van der Waals surface area contributed by atoms with Crippen molar-refractivity contribution in [1.82, 2.24) is 0 Å². The third-order valence-electron chi connectivity index (χ3n) is 3.38. The first kappa shape index (κ1) is 8.16. The van der Waals surface area contributed by atoms with Crippen molar-refractivity contribution in [3.63, 3.8) is 0 Å². The molecule has 1 atom stereocenters. The van der Waals surface area contributed by atoms with E-state index in [0.717, 1.165) is 12.6 Å². The van der Waals surface area contributed by atoms with Gasteiger partial charge in [0.25, 0.3) is 0 Å². The predicted molar refractivity (Wildman–Crippen MR) is 59.9 cm³/mol. The molecule has 1 fully saturated rings. The standard InChI is InChI=1S/C12H16N2/c1-2-6-12-11(5-1)13-8-7-10-4-3-9-14(10)12/h1-2,5-6,10,13H,3-4,7-9H2/t10-/m0/s1. The fourth-order valence-electron chi connectivity index (χ4n) is 2.70. The van der Waals surface area contributed by atoms with Crippen LogP contribution in [-0.2, 0) is 0 Å². The lowest BCUT2D eigenvalue weighted by molar-refractivity contribution is 0.638. The van der Waals surface area contributed by atoms with E-state index >= 15 is 0 Å². The molecule has 2 aliphatic rings. The van der Waals surface area contributed by atoms with Gasteiger partial charge in [-0.1, -0.05) is 12.1 Å². The molecule has 2 heterocycles. The van der Waals surface area contributed by atoms with Crippen molar-refractivity contribution < 1.29 is 0 Å². The quantitative estimate of drug-likeness (QED) is 0.673. The van der Waals surface area contributed by atoms with Crippen molar-refractivity contribution in [2.24, 2.45) is 0 Å². The lowest BCUT2D eigenvalue weighted by atomic mass is 10.1. The molecule has 2 heteroatoms. The van der Waals surface area contributed by atoms with E-state index in [9.17, 15) is 0 Å². The van der Waals surface area contributed by atoms with E-state index in [4.69, 9.17) is 0 Å². The van der Waals surface area contributed by atoms with Crippen LogP contribution in [0.25, 0.3) is 0 Å². The van der Waals surface area contributed by atoms with Gasteiger partial charge in [0, 0.05) is 19.1 Å². The number of para-hydroxylation sites is 2. The highest BCUT2D eigenvalue weighted by Crippen LogP contribution is 2.35. The van der Waals surface area contributed by atoms with Crippen molar-refractivity contribution >= 4 is 11.4 Å². The molecule has 2 aliphatic heterocycles. The Morgan fingerprint density at radius 3 is 3.14 bits per heavy atom. The van der Waals surface area contributed by atoms with Crippen LogP contribution in [0.3, 0.4) is 0 Å². The van der Waals surface area contributed by atoms with E-state index in [0.29, 0.717) is 0 Å². The molecule has 0 amide bonds. The fraction of sp³-hybridized carbons (Fsp3) is 0.500. The zero-order valence-electron chi connectivity index (χ0n) is 8.37.